The van der Waals surface area contributed by atoms with Gasteiger partial charge in [-0.2, -0.15) is 0 Å². The Morgan fingerprint density at radius 3 is 2.42 bits per heavy atom. The number of hydrogen-bond donors (Lipinski definition) is 2. The van der Waals surface area contributed by atoms with Crippen molar-refractivity contribution in [2.45, 2.75) is 39.3 Å². The van der Waals surface area contributed by atoms with E-state index >= 15 is 0 Å². The lowest BCUT2D eigenvalue weighted by Crippen LogP contribution is -2.34. The Morgan fingerprint density at radius 2 is 1.83 bits per heavy atom. The van der Waals surface area contributed by atoms with Gasteiger partial charge in [0, 0.05) is 6.54 Å². The molecule has 1 aromatic rings. The quantitative estimate of drug-likeness (QED) is 0.682. The van der Waals surface area contributed by atoms with Crippen molar-refractivity contribution in [2.75, 3.05) is 33.9 Å². The lowest BCUT2D eigenvalue weighted by atomic mass is 10.1. The molecule has 0 aromatic heterocycles. The molecule has 0 aliphatic heterocycles. The predicted octanol–water partition coefficient (Wildman–Crippen LogP) is 1.97. The summed E-state index contributed by atoms with van der Waals surface area (Å²) in [5, 5.41) is 12.8. The number of aliphatic hydroxyl groups is 1. The molecular weight excluding hydrogens is 308 g/mol. The van der Waals surface area contributed by atoms with Crippen LogP contribution in [0.15, 0.2) is 18.2 Å². The fourth-order valence-electron chi connectivity index (χ4n) is 2.42. The van der Waals surface area contributed by atoms with Crippen LogP contribution >= 0.6 is 0 Å². The number of likely N-dealkylation sites (N-methyl/N-ethyl adjacent to an activating group) is 1. The second-order valence-electron chi connectivity index (χ2n) is 5.98. The second-order valence-corrected chi connectivity index (χ2v) is 5.98. The summed E-state index contributed by atoms with van der Waals surface area (Å²) < 4.78 is 11.2. The first kappa shape index (κ1) is 20.3. The third kappa shape index (κ3) is 6.76. The zero-order valence-corrected chi connectivity index (χ0v) is 15.3. The van der Waals surface area contributed by atoms with Crippen LogP contribution in [-0.2, 0) is 4.79 Å². The summed E-state index contributed by atoms with van der Waals surface area (Å²) in [6.45, 7) is 7.31. The van der Waals surface area contributed by atoms with Crippen LogP contribution in [0, 0.1) is 0 Å². The predicted molar refractivity (Wildman–Crippen MR) is 94.5 cm³/mol. The van der Waals surface area contributed by atoms with Crippen LogP contribution in [0.3, 0.4) is 0 Å². The van der Waals surface area contributed by atoms with Crippen molar-refractivity contribution in [2.24, 2.45) is 0 Å². The largest absolute Gasteiger partial charge is 0.490 e. The number of carbonyl (C=O) groups is 1. The Labute approximate surface area is 144 Å². The Hall–Kier alpha value is -1.79. The summed E-state index contributed by atoms with van der Waals surface area (Å²) in [7, 11) is 3.72. The minimum Gasteiger partial charge on any atom is -0.490 e. The molecule has 0 aliphatic carbocycles. The molecule has 0 radical (unpaired) electrons. The first-order chi connectivity index (χ1) is 11.4. The van der Waals surface area contributed by atoms with Gasteiger partial charge in [0.25, 0.3) is 0 Å². The fourth-order valence-corrected chi connectivity index (χ4v) is 2.42. The normalized spacial score (nSPS) is 13.5. The topological polar surface area (TPSA) is 71.0 Å². The van der Waals surface area contributed by atoms with Crippen molar-refractivity contribution in [1.29, 1.82) is 0 Å². The highest BCUT2D eigenvalue weighted by Crippen LogP contribution is 2.30. The van der Waals surface area contributed by atoms with Crippen molar-refractivity contribution >= 4 is 5.91 Å². The first-order valence-electron chi connectivity index (χ1n) is 8.39. The summed E-state index contributed by atoms with van der Waals surface area (Å²) >= 11 is 0. The average molecular weight is 338 g/mol. The minimum absolute atomic E-state index is 0.0812. The summed E-state index contributed by atoms with van der Waals surface area (Å²) in [6.07, 6.45) is -0.593. The molecule has 0 saturated carbocycles. The van der Waals surface area contributed by atoms with E-state index in [1.54, 1.807) is 0 Å². The van der Waals surface area contributed by atoms with E-state index in [4.69, 9.17) is 9.47 Å². The van der Waals surface area contributed by atoms with E-state index in [0.717, 1.165) is 5.56 Å². The van der Waals surface area contributed by atoms with Gasteiger partial charge in [-0.05, 0) is 52.6 Å². The van der Waals surface area contributed by atoms with Gasteiger partial charge in [-0.3, -0.25) is 4.79 Å². The maximum Gasteiger partial charge on any atom is 0.223 e. The molecule has 0 fully saturated rings. The number of rotatable bonds is 10. The van der Waals surface area contributed by atoms with E-state index in [0.29, 0.717) is 31.3 Å². The van der Waals surface area contributed by atoms with E-state index in [9.17, 15) is 9.90 Å². The molecule has 2 N–H and O–H groups in total. The molecule has 24 heavy (non-hydrogen) atoms. The maximum atomic E-state index is 12.1. The highest BCUT2D eigenvalue weighted by Gasteiger charge is 2.16. The van der Waals surface area contributed by atoms with Crippen LogP contribution in [0.2, 0.25) is 0 Å². The third-order valence-electron chi connectivity index (χ3n) is 3.44. The van der Waals surface area contributed by atoms with Crippen molar-refractivity contribution < 1.29 is 19.4 Å². The Balaban J connectivity index is 2.71. The Kier molecular flexibility index (Phi) is 8.57. The Morgan fingerprint density at radius 1 is 1.21 bits per heavy atom. The van der Waals surface area contributed by atoms with Crippen LogP contribution in [0.25, 0.3) is 0 Å². The molecule has 2 atom stereocenters. The lowest BCUT2D eigenvalue weighted by Gasteiger charge is -2.19. The molecule has 0 bridgehead atoms. The molecule has 1 rings (SSSR count). The molecule has 2 unspecified atom stereocenters. The number of nitrogens with zero attached hydrogens (tertiary/aromatic N) is 1. The third-order valence-corrected chi connectivity index (χ3v) is 3.44. The molecule has 6 heteroatoms. The van der Waals surface area contributed by atoms with E-state index in [-0.39, 0.29) is 18.4 Å². The number of benzene rings is 1. The summed E-state index contributed by atoms with van der Waals surface area (Å²) in [5.41, 5.74) is 0.928. The van der Waals surface area contributed by atoms with Gasteiger partial charge < -0.3 is 24.8 Å². The van der Waals surface area contributed by atoms with Crippen LogP contribution in [-0.4, -0.2) is 55.9 Å². The standard InChI is InChI=1S/C18H30N2O4/c1-6-23-16-9-8-14(10-17(16)24-7-2)13(3)19-18(22)11-15(21)12-20(4)5/h8-10,13,15,21H,6-7,11-12H2,1-5H3,(H,19,22). The molecular formula is C18H30N2O4. The maximum absolute atomic E-state index is 12.1. The van der Waals surface area contributed by atoms with Gasteiger partial charge >= 0.3 is 0 Å². The van der Waals surface area contributed by atoms with Crippen LogP contribution in [0.4, 0.5) is 0 Å². The smallest absolute Gasteiger partial charge is 0.223 e. The molecule has 136 valence electrons. The molecule has 0 aliphatic rings. The van der Waals surface area contributed by atoms with Crippen LogP contribution in [0.5, 0.6) is 11.5 Å². The zero-order valence-electron chi connectivity index (χ0n) is 15.3. The first-order valence-corrected chi connectivity index (χ1v) is 8.39. The van der Waals surface area contributed by atoms with Crippen molar-refractivity contribution in [1.82, 2.24) is 10.2 Å². The van der Waals surface area contributed by atoms with Crippen molar-refractivity contribution in [3.63, 3.8) is 0 Å². The highest BCUT2D eigenvalue weighted by molar-refractivity contribution is 5.77. The van der Waals surface area contributed by atoms with Gasteiger partial charge in [0.15, 0.2) is 11.5 Å². The monoisotopic (exact) mass is 338 g/mol. The van der Waals surface area contributed by atoms with Gasteiger partial charge in [0.05, 0.1) is 31.8 Å². The van der Waals surface area contributed by atoms with Crippen molar-refractivity contribution in [3.8, 4) is 11.5 Å². The number of aliphatic hydroxyl groups excluding tert-OH is 1. The fraction of sp³-hybridized carbons (Fsp3) is 0.611. The van der Waals surface area contributed by atoms with Gasteiger partial charge in [-0.15, -0.1) is 0 Å². The minimum atomic E-state index is -0.675. The van der Waals surface area contributed by atoms with E-state index in [2.05, 4.69) is 5.32 Å². The highest BCUT2D eigenvalue weighted by atomic mass is 16.5. The van der Waals surface area contributed by atoms with Gasteiger partial charge in [-0.1, -0.05) is 6.07 Å². The summed E-state index contributed by atoms with van der Waals surface area (Å²) in [4.78, 5) is 13.9. The molecule has 6 nitrogen and oxygen atoms in total. The van der Waals surface area contributed by atoms with E-state index in [1.165, 1.54) is 0 Å². The summed E-state index contributed by atoms with van der Waals surface area (Å²) in [6, 6.07) is 5.47. The zero-order chi connectivity index (χ0) is 18.1. The molecule has 1 amide bonds. The van der Waals surface area contributed by atoms with Crippen LogP contribution in [0.1, 0.15) is 38.8 Å². The SMILES string of the molecule is CCOc1ccc(C(C)NC(=O)CC(O)CN(C)C)cc1OCC. The number of carbonyl (C=O) groups excluding carboxylic acids is 1. The van der Waals surface area contributed by atoms with Gasteiger partial charge in [0.2, 0.25) is 5.91 Å². The van der Waals surface area contributed by atoms with E-state index in [1.807, 2.05) is 58.0 Å². The Bertz CT molecular complexity index is 520. The molecule has 1 aromatic carbocycles. The second kappa shape index (κ2) is 10.2. The van der Waals surface area contributed by atoms with Gasteiger partial charge in [-0.25, -0.2) is 0 Å². The lowest BCUT2D eigenvalue weighted by molar-refractivity contribution is -0.123. The number of nitrogens with one attached hydrogen (secondary N) is 1. The molecule has 0 saturated heterocycles. The van der Waals surface area contributed by atoms with Crippen molar-refractivity contribution in [3.05, 3.63) is 23.8 Å². The number of hydrogen-bond acceptors (Lipinski definition) is 5. The molecule has 0 spiro atoms. The summed E-state index contributed by atoms with van der Waals surface area (Å²) in [5.74, 6) is 1.19. The van der Waals surface area contributed by atoms with Crippen LogP contribution < -0.4 is 14.8 Å². The number of amides is 1. The molecule has 0 heterocycles. The van der Waals surface area contributed by atoms with Gasteiger partial charge in [0.1, 0.15) is 0 Å². The number of ether oxygens (including phenoxy) is 2. The van der Waals surface area contributed by atoms with E-state index < -0.39 is 6.10 Å². The average Bonchev–Trinajstić information content (AvgIpc) is 2.48.